The van der Waals surface area contributed by atoms with Crippen LogP contribution in [0.4, 0.5) is 5.13 Å². The number of ketones is 1. The van der Waals surface area contributed by atoms with Gasteiger partial charge in [0.2, 0.25) is 0 Å². The van der Waals surface area contributed by atoms with Crippen molar-refractivity contribution < 1.29 is 19.4 Å². The number of hydrogen-bond acceptors (Lipinski definition) is 6. The minimum atomic E-state index is -0.754. The van der Waals surface area contributed by atoms with E-state index in [0.717, 1.165) is 28.9 Å². The Morgan fingerprint density at radius 1 is 1.19 bits per heavy atom. The SMILES string of the molecule is Cc1ccc(C2C(=C(O)c3ccc4c(c3)CC(C)O4)C(=O)C(=O)N2c2nccs2)cc1. The molecule has 156 valence electrons. The van der Waals surface area contributed by atoms with Gasteiger partial charge in [-0.05, 0) is 43.2 Å². The second-order valence-corrected chi connectivity index (χ2v) is 8.72. The van der Waals surface area contributed by atoms with Crippen LogP contribution in [-0.4, -0.2) is 27.9 Å². The predicted molar refractivity (Wildman–Crippen MR) is 118 cm³/mol. The summed E-state index contributed by atoms with van der Waals surface area (Å²) in [6.45, 7) is 3.95. The number of carbonyl (C=O) groups excluding carboxylic acids is 2. The number of fused-ring (bicyclic) bond motifs is 1. The van der Waals surface area contributed by atoms with Gasteiger partial charge in [-0.15, -0.1) is 11.3 Å². The predicted octanol–water partition coefficient (Wildman–Crippen LogP) is 4.40. The number of aliphatic hydroxyl groups is 1. The second-order valence-electron chi connectivity index (χ2n) is 7.85. The summed E-state index contributed by atoms with van der Waals surface area (Å²) in [5, 5.41) is 13.4. The molecule has 6 nitrogen and oxygen atoms in total. The average Bonchev–Trinajstić information content (AvgIpc) is 3.46. The van der Waals surface area contributed by atoms with E-state index in [1.807, 2.05) is 44.2 Å². The Kier molecular flexibility index (Phi) is 4.63. The number of anilines is 1. The molecular formula is C24H20N2O4S. The number of aliphatic hydroxyl groups excluding tert-OH is 1. The molecule has 31 heavy (non-hydrogen) atoms. The summed E-state index contributed by atoms with van der Waals surface area (Å²) in [7, 11) is 0. The van der Waals surface area contributed by atoms with Gasteiger partial charge in [0.25, 0.3) is 5.78 Å². The zero-order valence-corrected chi connectivity index (χ0v) is 17.8. The van der Waals surface area contributed by atoms with Gasteiger partial charge in [-0.2, -0.15) is 0 Å². The van der Waals surface area contributed by atoms with Crippen LogP contribution in [0.2, 0.25) is 0 Å². The maximum atomic E-state index is 13.1. The van der Waals surface area contributed by atoms with Crippen molar-refractivity contribution in [2.45, 2.75) is 32.4 Å². The van der Waals surface area contributed by atoms with Crippen molar-refractivity contribution in [1.29, 1.82) is 0 Å². The van der Waals surface area contributed by atoms with E-state index in [9.17, 15) is 14.7 Å². The summed E-state index contributed by atoms with van der Waals surface area (Å²) < 4.78 is 5.74. The molecule has 2 aliphatic rings. The molecule has 5 rings (SSSR count). The molecule has 2 aliphatic heterocycles. The number of benzene rings is 2. The van der Waals surface area contributed by atoms with Crippen molar-refractivity contribution in [1.82, 2.24) is 4.98 Å². The molecule has 0 aliphatic carbocycles. The van der Waals surface area contributed by atoms with E-state index in [1.165, 1.54) is 16.2 Å². The molecule has 1 fully saturated rings. The third-order valence-corrected chi connectivity index (χ3v) is 6.40. The average molecular weight is 433 g/mol. The Bertz CT molecular complexity index is 1210. The van der Waals surface area contributed by atoms with Gasteiger partial charge in [0.1, 0.15) is 17.6 Å². The minimum Gasteiger partial charge on any atom is -0.507 e. The van der Waals surface area contributed by atoms with E-state index < -0.39 is 17.7 Å². The Labute approximate surface area is 183 Å². The number of carbonyl (C=O) groups is 2. The normalized spacial score (nSPS) is 21.9. The highest BCUT2D eigenvalue weighted by molar-refractivity contribution is 7.14. The van der Waals surface area contributed by atoms with Crippen molar-refractivity contribution in [3.05, 3.63) is 81.9 Å². The Balaban J connectivity index is 1.68. The molecule has 1 saturated heterocycles. The molecule has 2 atom stereocenters. The number of aryl methyl sites for hydroxylation is 1. The number of Topliss-reactive ketones (excluding diaryl/α,β-unsaturated/α-hetero) is 1. The number of aromatic nitrogens is 1. The standard InChI is InChI=1S/C24H20N2O4S/c1-13-3-5-15(6-4-13)20-19(22(28)23(29)26(20)24-25-9-10-31-24)21(27)16-7-8-18-17(12-16)11-14(2)30-18/h3-10,12,14,20,27H,11H2,1-2H3. The molecular weight excluding hydrogens is 412 g/mol. The third-order valence-electron chi connectivity index (χ3n) is 5.63. The van der Waals surface area contributed by atoms with Crippen LogP contribution in [0.5, 0.6) is 5.75 Å². The lowest BCUT2D eigenvalue weighted by molar-refractivity contribution is -0.132. The van der Waals surface area contributed by atoms with Crippen molar-refractivity contribution >= 4 is 33.9 Å². The largest absolute Gasteiger partial charge is 0.507 e. The van der Waals surface area contributed by atoms with Crippen LogP contribution < -0.4 is 9.64 Å². The molecule has 0 spiro atoms. The van der Waals surface area contributed by atoms with Crippen LogP contribution in [0.25, 0.3) is 5.76 Å². The van der Waals surface area contributed by atoms with Crippen LogP contribution in [-0.2, 0) is 16.0 Å². The zero-order chi connectivity index (χ0) is 21.7. The van der Waals surface area contributed by atoms with Crippen LogP contribution >= 0.6 is 11.3 Å². The van der Waals surface area contributed by atoms with E-state index in [4.69, 9.17) is 4.74 Å². The summed E-state index contributed by atoms with van der Waals surface area (Å²) in [4.78, 5) is 31.7. The monoisotopic (exact) mass is 432 g/mol. The molecule has 0 saturated carbocycles. The van der Waals surface area contributed by atoms with Gasteiger partial charge in [0, 0.05) is 23.6 Å². The Morgan fingerprint density at radius 2 is 1.97 bits per heavy atom. The molecule has 1 amide bonds. The van der Waals surface area contributed by atoms with Crippen LogP contribution in [0.3, 0.4) is 0 Å². The first-order valence-corrected chi connectivity index (χ1v) is 10.9. The highest BCUT2D eigenvalue weighted by Gasteiger charge is 2.48. The number of rotatable bonds is 3. The van der Waals surface area contributed by atoms with Crippen LogP contribution in [0.15, 0.2) is 59.6 Å². The Morgan fingerprint density at radius 3 is 2.68 bits per heavy atom. The summed E-state index contributed by atoms with van der Waals surface area (Å²) in [6.07, 6.45) is 2.38. The van der Waals surface area contributed by atoms with Crippen molar-refractivity contribution in [2.24, 2.45) is 0 Å². The van der Waals surface area contributed by atoms with Gasteiger partial charge in [-0.1, -0.05) is 29.8 Å². The van der Waals surface area contributed by atoms with Crippen molar-refractivity contribution in [3.63, 3.8) is 0 Å². The molecule has 0 bridgehead atoms. The van der Waals surface area contributed by atoms with E-state index >= 15 is 0 Å². The number of nitrogens with zero attached hydrogens (tertiary/aromatic N) is 2. The van der Waals surface area contributed by atoms with E-state index in [-0.39, 0.29) is 17.4 Å². The van der Waals surface area contributed by atoms with Gasteiger partial charge in [-0.25, -0.2) is 4.98 Å². The lowest BCUT2D eigenvalue weighted by Crippen LogP contribution is -2.29. The fourth-order valence-corrected chi connectivity index (χ4v) is 4.82. The number of thiazole rings is 1. The molecule has 1 aromatic heterocycles. The zero-order valence-electron chi connectivity index (χ0n) is 17.0. The molecule has 7 heteroatoms. The smallest absolute Gasteiger partial charge is 0.301 e. The maximum Gasteiger partial charge on any atom is 0.301 e. The minimum absolute atomic E-state index is 0.0652. The van der Waals surface area contributed by atoms with Crippen molar-refractivity contribution in [2.75, 3.05) is 4.90 Å². The molecule has 2 unspecified atom stereocenters. The van der Waals surface area contributed by atoms with Crippen molar-refractivity contribution in [3.8, 4) is 5.75 Å². The first-order chi connectivity index (χ1) is 14.9. The fraction of sp³-hybridized carbons (Fsp3) is 0.208. The molecule has 1 N–H and O–H groups in total. The van der Waals surface area contributed by atoms with Crippen LogP contribution in [0, 0.1) is 6.92 Å². The van der Waals surface area contributed by atoms with Crippen LogP contribution in [0.1, 0.15) is 35.2 Å². The molecule has 0 radical (unpaired) electrons. The summed E-state index contributed by atoms with van der Waals surface area (Å²) in [5.74, 6) is -0.823. The van der Waals surface area contributed by atoms with E-state index in [2.05, 4.69) is 4.98 Å². The maximum absolute atomic E-state index is 13.1. The molecule has 3 heterocycles. The number of hydrogen-bond donors (Lipinski definition) is 1. The summed E-state index contributed by atoms with van der Waals surface area (Å²) in [5.41, 5.74) is 3.32. The topological polar surface area (TPSA) is 79.7 Å². The van der Waals surface area contributed by atoms with Gasteiger partial charge in [0.05, 0.1) is 11.6 Å². The number of ether oxygens (including phenoxy) is 1. The fourth-order valence-electron chi connectivity index (χ4n) is 4.15. The summed E-state index contributed by atoms with van der Waals surface area (Å²) in [6, 6.07) is 12.2. The Hall–Kier alpha value is -3.45. The molecule has 2 aromatic carbocycles. The van der Waals surface area contributed by atoms with Gasteiger partial charge < -0.3 is 9.84 Å². The first kappa shape index (κ1) is 19.5. The van der Waals surface area contributed by atoms with Gasteiger partial charge in [-0.3, -0.25) is 14.5 Å². The quantitative estimate of drug-likeness (QED) is 0.377. The third kappa shape index (κ3) is 3.21. The lowest BCUT2D eigenvalue weighted by Gasteiger charge is -2.23. The van der Waals surface area contributed by atoms with Gasteiger partial charge in [0.15, 0.2) is 5.13 Å². The highest BCUT2D eigenvalue weighted by atomic mass is 32.1. The first-order valence-electron chi connectivity index (χ1n) is 10.0. The second kappa shape index (κ2) is 7.35. The van der Waals surface area contributed by atoms with E-state index in [0.29, 0.717) is 10.7 Å². The lowest BCUT2D eigenvalue weighted by atomic mass is 9.94. The highest BCUT2D eigenvalue weighted by Crippen LogP contribution is 2.43. The molecule has 3 aromatic rings. The van der Waals surface area contributed by atoms with E-state index in [1.54, 1.807) is 23.7 Å². The van der Waals surface area contributed by atoms with Gasteiger partial charge >= 0.3 is 5.91 Å². The summed E-state index contributed by atoms with van der Waals surface area (Å²) >= 11 is 1.27. The number of amides is 1.